The maximum atomic E-state index is 9.90. The van der Waals surface area contributed by atoms with Gasteiger partial charge < -0.3 is 0 Å². The monoisotopic (exact) mass is 131 g/mol. The normalized spacial score (nSPS) is 29.8. The minimum Gasteiger partial charge on any atom is -0.160 e. The second-order valence-electron chi connectivity index (χ2n) is 1.98. The van der Waals surface area contributed by atoms with Crippen LogP contribution < -0.4 is 0 Å². The van der Waals surface area contributed by atoms with Crippen LogP contribution >= 0.6 is 11.8 Å². The first-order chi connectivity index (χ1) is 3.93. The van der Waals surface area contributed by atoms with E-state index in [1.165, 1.54) is 12.2 Å². The molecule has 0 aliphatic carbocycles. The maximum absolute atomic E-state index is 9.90. The van der Waals surface area contributed by atoms with Gasteiger partial charge in [0.1, 0.15) is 6.04 Å². The molecule has 1 aliphatic rings. The number of thioether (sulfide) groups is 1. The lowest BCUT2D eigenvalue weighted by molar-refractivity contribution is 0.646. The summed E-state index contributed by atoms with van der Waals surface area (Å²) in [6, 6.07) is 0.119. The summed E-state index contributed by atoms with van der Waals surface area (Å²) in [6.45, 7) is 0. The highest BCUT2D eigenvalue weighted by Gasteiger charge is 2.12. The quantitative estimate of drug-likeness (QED) is 0.506. The Kier molecular flexibility index (Phi) is 2.33. The minimum absolute atomic E-state index is 0.119. The van der Waals surface area contributed by atoms with Gasteiger partial charge in [-0.3, -0.25) is 0 Å². The number of rotatable bonds is 1. The Hall–Kier alpha value is -0.0500. The fourth-order valence-electron chi connectivity index (χ4n) is 0.807. The number of hydrogen-bond acceptors (Lipinski definition) is 3. The third-order valence-electron chi connectivity index (χ3n) is 1.29. The van der Waals surface area contributed by atoms with E-state index in [-0.39, 0.29) is 6.04 Å². The van der Waals surface area contributed by atoms with E-state index in [9.17, 15) is 4.91 Å². The number of hydrogen-bond donors (Lipinski definition) is 0. The molecule has 0 saturated carbocycles. The van der Waals surface area contributed by atoms with Gasteiger partial charge in [-0.1, -0.05) is 5.18 Å². The van der Waals surface area contributed by atoms with Gasteiger partial charge >= 0.3 is 0 Å². The lowest BCUT2D eigenvalue weighted by Gasteiger charge is -2.12. The van der Waals surface area contributed by atoms with Gasteiger partial charge in [0.15, 0.2) is 0 Å². The summed E-state index contributed by atoms with van der Waals surface area (Å²) in [5, 5.41) is 2.98. The maximum Gasteiger partial charge on any atom is 0.101 e. The summed E-state index contributed by atoms with van der Waals surface area (Å²) in [5.74, 6) is 2.16. The van der Waals surface area contributed by atoms with Gasteiger partial charge in [0.05, 0.1) is 0 Å². The first-order valence-electron chi connectivity index (χ1n) is 2.83. The van der Waals surface area contributed by atoms with E-state index in [0.717, 1.165) is 12.2 Å². The summed E-state index contributed by atoms with van der Waals surface area (Å²) < 4.78 is 0. The number of nitrogens with zero attached hydrogens (tertiary/aromatic N) is 1. The van der Waals surface area contributed by atoms with Gasteiger partial charge in [-0.15, -0.1) is 0 Å². The molecular formula is C5H9NOS. The first-order valence-corrected chi connectivity index (χ1v) is 3.99. The molecule has 2 nitrogen and oxygen atoms in total. The highest BCUT2D eigenvalue weighted by Crippen LogP contribution is 2.18. The molecule has 0 N–H and O–H groups in total. The van der Waals surface area contributed by atoms with Crippen molar-refractivity contribution in [1.82, 2.24) is 0 Å². The van der Waals surface area contributed by atoms with E-state index in [1.54, 1.807) is 0 Å². The van der Waals surface area contributed by atoms with Crippen LogP contribution in [0, 0.1) is 4.91 Å². The van der Waals surface area contributed by atoms with E-state index in [1.807, 2.05) is 11.8 Å². The standard InChI is InChI=1S/C5H9NOS/c7-6-5-2-1-3-8-4-5/h5H,1-4H2. The van der Waals surface area contributed by atoms with Gasteiger partial charge in [-0.05, 0) is 18.6 Å². The molecule has 0 radical (unpaired) electrons. The average Bonchev–Trinajstić information content (AvgIpc) is 1.90. The van der Waals surface area contributed by atoms with E-state index in [0.29, 0.717) is 0 Å². The van der Waals surface area contributed by atoms with Crippen molar-refractivity contribution in [3.63, 3.8) is 0 Å². The summed E-state index contributed by atoms with van der Waals surface area (Å²) in [6.07, 6.45) is 2.18. The SMILES string of the molecule is O=NC1CCCSC1. The zero-order chi connectivity index (χ0) is 5.82. The Morgan fingerprint density at radius 3 is 2.88 bits per heavy atom. The second kappa shape index (κ2) is 3.07. The predicted octanol–water partition coefficient (Wildman–Crippen LogP) is 1.65. The fraction of sp³-hybridized carbons (Fsp3) is 1.00. The summed E-state index contributed by atoms with van der Waals surface area (Å²) >= 11 is 1.83. The Labute approximate surface area is 53.0 Å². The molecule has 0 aromatic rings. The molecule has 46 valence electrons. The van der Waals surface area contributed by atoms with Crippen molar-refractivity contribution in [3.05, 3.63) is 4.91 Å². The first kappa shape index (κ1) is 6.08. The molecule has 3 heteroatoms. The molecule has 0 bridgehead atoms. The van der Waals surface area contributed by atoms with Gasteiger partial charge in [-0.2, -0.15) is 16.7 Å². The highest BCUT2D eigenvalue weighted by atomic mass is 32.2. The average molecular weight is 131 g/mol. The molecule has 1 unspecified atom stereocenters. The van der Waals surface area contributed by atoms with Crippen LogP contribution in [0.2, 0.25) is 0 Å². The smallest absolute Gasteiger partial charge is 0.101 e. The van der Waals surface area contributed by atoms with E-state index in [2.05, 4.69) is 5.18 Å². The van der Waals surface area contributed by atoms with E-state index >= 15 is 0 Å². The van der Waals surface area contributed by atoms with Gasteiger partial charge in [0.25, 0.3) is 0 Å². The minimum atomic E-state index is 0.119. The van der Waals surface area contributed by atoms with Crippen LogP contribution in [-0.2, 0) is 0 Å². The van der Waals surface area contributed by atoms with E-state index in [4.69, 9.17) is 0 Å². The lowest BCUT2D eigenvalue weighted by Crippen LogP contribution is -2.12. The molecule has 1 heterocycles. The van der Waals surface area contributed by atoms with E-state index < -0.39 is 0 Å². The second-order valence-corrected chi connectivity index (χ2v) is 3.13. The van der Waals surface area contributed by atoms with Crippen molar-refractivity contribution in [1.29, 1.82) is 0 Å². The molecule has 1 rings (SSSR count). The highest BCUT2D eigenvalue weighted by molar-refractivity contribution is 7.99. The van der Waals surface area contributed by atoms with Gasteiger partial charge in [-0.25, -0.2) is 0 Å². The molecule has 8 heavy (non-hydrogen) atoms. The van der Waals surface area contributed by atoms with Gasteiger partial charge in [0.2, 0.25) is 0 Å². The van der Waals surface area contributed by atoms with Crippen molar-refractivity contribution in [3.8, 4) is 0 Å². The topological polar surface area (TPSA) is 29.4 Å². The molecule has 0 aromatic heterocycles. The van der Waals surface area contributed by atoms with Crippen molar-refractivity contribution in [2.45, 2.75) is 18.9 Å². The Balaban J connectivity index is 2.22. The van der Waals surface area contributed by atoms with Crippen LogP contribution in [0.5, 0.6) is 0 Å². The van der Waals surface area contributed by atoms with Crippen molar-refractivity contribution in [2.24, 2.45) is 5.18 Å². The van der Waals surface area contributed by atoms with Crippen LogP contribution in [-0.4, -0.2) is 17.5 Å². The lowest BCUT2D eigenvalue weighted by atomic mass is 10.2. The van der Waals surface area contributed by atoms with Gasteiger partial charge in [0, 0.05) is 5.75 Å². The van der Waals surface area contributed by atoms with Crippen LogP contribution in [0.25, 0.3) is 0 Å². The summed E-state index contributed by atoms with van der Waals surface area (Å²) in [5.41, 5.74) is 0. The summed E-state index contributed by atoms with van der Waals surface area (Å²) in [4.78, 5) is 9.90. The number of nitroso groups, excluding NO2 is 1. The molecular weight excluding hydrogens is 122 g/mol. The third-order valence-corrected chi connectivity index (χ3v) is 2.48. The zero-order valence-electron chi connectivity index (χ0n) is 4.67. The molecule has 0 aromatic carbocycles. The van der Waals surface area contributed by atoms with Crippen molar-refractivity contribution < 1.29 is 0 Å². The van der Waals surface area contributed by atoms with Crippen LogP contribution in [0.4, 0.5) is 0 Å². The van der Waals surface area contributed by atoms with Crippen molar-refractivity contribution >= 4 is 11.8 Å². The molecule has 1 saturated heterocycles. The molecule has 0 spiro atoms. The molecule has 1 atom stereocenters. The molecule has 1 fully saturated rings. The van der Waals surface area contributed by atoms with Crippen LogP contribution in [0.15, 0.2) is 5.18 Å². The Morgan fingerprint density at radius 1 is 1.62 bits per heavy atom. The fourth-order valence-corrected chi connectivity index (χ4v) is 1.84. The largest absolute Gasteiger partial charge is 0.160 e. The zero-order valence-corrected chi connectivity index (χ0v) is 5.49. The third kappa shape index (κ3) is 1.47. The van der Waals surface area contributed by atoms with Crippen LogP contribution in [0.3, 0.4) is 0 Å². The Bertz CT molecular complexity index is 80.5. The van der Waals surface area contributed by atoms with Crippen LogP contribution in [0.1, 0.15) is 12.8 Å². The van der Waals surface area contributed by atoms with Crippen molar-refractivity contribution in [2.75, 3.05) is 11.5 Å². The molecule has 1 aliphatic heterocycles. The predicted molar refractivity (Wildman–Crippen MR) is 36.1 cm³/mol. The Morgan fingerprint density at radius 2 is 2.50 bits per heavy atom. The molecule has 0 amide bonds. The summed E-state index contributed by atoms with van der Waals surface area (Å²) in [7, 11) is 0.